The van der Waals surface area contributed by atoms with E-state index in [0.29, 0.717) is 10.0 Å². The van der Waals surface area contributed by atoms with Crippen molar-refractivity contribution in [2.24, 2.45) is 5.73 Å². The van der Waals surface area contributed by atoms with Gasteiger partial charge in [0.1, 0.15) is 5.82 Å². The summed E-state index contributed by atoms with van der Waals surface area (Å²) in [5.41, 5.74) is 5.84. The third-order valence-electron chi connectivity index (χ3n) is 2.43. The fourth-order valence-electron chi connectivity index (χ4n) is 1.24. The lowest BCUT2D eigenvalue weighted by atomic mass is 10.1. The Labute approximate surface area is 138 Å². The summed E-state index contributed by atoms with van der Waals surface area (Å²) in [6, 6.07) is 5.92. The molecule has 1 rings (SSSR count). The number of rotatable bonds is 5. The molecular formula is C13H14BrFN2O6. The van der Waals surface area contributed by atoms with Crippen molar-refractivity contribution in [3.63, 3.8) is 0 Å². The molecule has 6 N–H and O–H groups in total. The van der Waals surface area contributed by atoms with Crippen molar-refractivity contribution in [1.29, 1.82) is 5.26 Å². The fraction of sp³-hybridized carbons (Fsp3) is 0.308. The molecule has 0 fully saturated rings. The highest BCUT2D eigenvalue weighted by Crippen LogP contribution is 2.16. The zero-order valence-electron chi connectivity index (χ0n) is 11.6. The Balaban J connectivity index is 0.000000438. The summed E-state index contributed by atoms with van der Waals surface area (Å²) in [7, 11) is 0. The number of carboxylic acids is 2. The number of carboxylic acid groups (broad SMARTS) is 2. The van der Waals surface area contributed by atoms with Gasteiger partial charge in [-0.05, 0) is 17.7 Å². The van der Waals surface area contributed by atoms with Crippen LogP contribution in [0.3, 0.4) is 0 Å². The van der Waals surface area contributed by atoms with Crippen LogP contribution in [0.15, 0.2) is 22.7 Å². The molecule has 0 saturated heterocycles. The standard InChI is InChI=1S/C9H8BrFN2.C4H6O6/c10-7-2-1-6(9(11)4-7)3-8(13)5-12;5-1(3(7)8)2(6)4(9)10/h1-2,4,8H,3,13H2;1-2,5-6H,(H,7,8)(H,9,10)/t8-;1-,2-/m01/s1. The van der Waals surface area contributed by atoms with Crippen molar-refractivity contribution < 1.29 is 34.4 Å². The first-order chi connectivity index (χ1) is 10.6. The normalized spacial score (nSPS) is 13.7. The highest BCUT2D eigenvalue weighted by Gasteiger charge is 2.29. The highest BCUT2D eigenvalue weighted by molar-refractivity contribution is 9.10. The number of aliphatic hydroxyl groups is 2. The molecule has 0 spiro atoms. The van der Waals surface area contributed by atoms with Gasteiger partial charge in [-0.15, -0.1) is 0 Å². The van der Waals surface area contributed by atoms with E-state index in [4.69, 9.17) is 31.4 Å². The van der Waals surface area contributed by atoms with Gasteiger partial charge < -0.3 is 26.2 Å². The average molecular weight is 393 g/mol. The minimum Gasteiger partial charge on any atom is -0.479 e. The van der Waals surface area contributed by atoms with Crippen LogP contribution in [-0.4, -0.2) is 50.6 Å². The monoisotopic (exact) mass is 392 g/mol. The molecule has 0 saturated carbocycles. The van der Waals surface area contributed by atoms with Gasteiger partial charge in [-0.2, -0.15) is 5.26 Å². The minimum absolute atomic E-state index is 0.246. The Bertz CT molecular complexity index is 589. The van der Waals surface area contributed by atoms with Crippen molar-refractivity contribution in [2.75, 3.05) is 0 Å². The van der Waals surface area contributed by atoms with E-state index in [1.165, 1.54) is 6.07 Å². The van der Waals surface area contributed by atoms with Crippen LogP contribution >= 0.6 is 15.9 Å². The molecule has 0 aliphatic rings. The van der Waals surface area contributed by atoms with Crippen LogP contribution in [0.25, 0.3) is 0 Å². The van der Waals surface area contributed by atoms with Gasteiger partial charge in [-0.1, -0.05) is 22.0 Å². The van der Waals surface area contributed by atoms with E-state index in [2.05, 4.69) is 15.9 Å². The Hall–Kier alpha value is -2.06. The van der Waals surface area contributed by atoms with Gasteiger partial charge in [0.05, 0.1) is 12.1 Å². The zero-order chi connectivity index (χ0) is 18.2. The van der Waals surface area contributed by atoms with Gasteiger partial charge in [-0.25, -0.2) is 14.0 Å². The van der Waals surface area contributed by atoms with Crippen molar-refractivity contribution in [3.05, 3.63) is 34.1 Å². The minimum atomic E-state index is -2.27. The number of aliphatic carboxylic acids is 2. The predicted molar refractivity (Wildman–Crippen MR) is 78.7 cm³/mol. The summed E-state index contributed by atoms with van der Waals surface area (Å²) < 4.78 is 13.8. The molecule has 0 aliphatic heterocycles. The fourth-order valence-corrected chi connectivity index (χ4v) is 1.57. The van der Waals surface area contributed by atoms with Gasteiger partial charge in [0, 0.05) is 10.9 Å². The third kappa shape index (κ3) is 7.66. The van der Waals surface area contributed by atoms with Crippen molar-refractivity contribution in [1.82, 2.24) is 0 Å². The van der Waals surface area contributed by atoms with E-state index in [-0.39, 0.29) is 12.2 Å². The van der Waals surface area contributed by atoms with E-state index in [9.17, 15) is 14.0 Å². The molecule has 0 amide bonds. The van der Waals surface area contributed by atoms with Crippen LogP contribution in [0.4, 0.5) is 4.39 Å². The van der Waals surface area contributed by atoms with Crippen molar-refractivity contribution in [2.45, 2.75) is 24.7 Å². The number of nitrogens with zero attached hydrogens (tertiary/aromatic N) is 1. The first-order valence-corrected chi connectivity index (χ1v) is 6.80. The van der Waals surface area contributed by atoms with Crippen molar-refractivity contribution >= 4 is 27.9 Å². The molecule has 10 heteroatoms. The molecule has 1 aromatic carbocycles. The lowest BCUT2D eigenvalue weighted by molar-refractivity contribution is -0.165. The second-order valence-electron chi connectivity index (χ2n) is 4.24. The molecule has 0 aliphatic carbocycles. The Morgan fingerprint density at radius 2 is 1.74 bits per heavy atom. The number of aliphatic hydroxyl groups excluding tert-OH is 2. The van der Waals surface area contributed by atoms with Gasteiger partial charge in [0.15, 0.2) is 12.2 Å². The number of halogens is 2. The second-order valence-corrected chi connectivity index (χ2v) is 5.16. The van der Waals surface area contributed by atoms with Crippen LogP contribution in [0.2, 0.25) is 0 Å². The van der Waals surface area contributed by atoms with E-state index < -0.39 is 30.2 Å². The average Bonchev–Trinajstić information content (AvgIpc) is 2.48. The highest BCUT2D eigenvalue weighted by atomic mass is 79.9. The number of nitriles is 1. The van der Waals surface area contributed by atoms with Crippen LogP contribution < -0.4 is 5.73 Å². The summed E-state index contributed by atoms with van der Waals surface area (Å²) in [4.78, 5) is 19.5. The Kier molecular flexibility index (Phi) is 8.97. The van der Waals surface area contributed by atoms with Crippen LogP contribution in [0.1, 0.15) is 5.56 Å². The molecule has 0 unspecified atom stereocenters. The molecule has 0 radical (unpaired) electrons. The third-order valence-corrected chi connectivity index (χ3v) is 2.92. The van der Waals surface area contributed by atoms with Crippen molar-refractivity contribution in [3.8, 4) is 6.07 Å². The quantitative estimate of drug-likeness (QED) is 0.461. The summed E-state index contributed by atoms with van der Waals surface area (Å²) in [5, 5.41) is 41.0. The van der Waals surface area contributed by atoms with Gasteiger partial charge in [0.2, 0.25) is 0 Å². The molecule has 0 bridgehead atoms. The largest absolute Gasteiger partial charge is 0.479 e. The summed E-state index contributed by atoms with van der Waals surface area (Å²) in [6.45, 7) is 0. The second kappa shape index (κ2) is 9.86. The van der Waals surface area contributed by atoms with Crippen LogP contribution in [0.5, 0.6) is 0 Å². The summed E-state index contributed by atoms with van der Waals surface area (Å²) >= 11 is 3.14. The topological polar surface area (TPSA) is 165 Å². The molecule has 126 valence electrons. The number of hydrogen-bond donors (Lipinski definition) is 5. The van der Waals surface area contributed by atoms with E-state index in [1.54, 1.807) is 12.1 Å². The molecule has 0 aromatic heterocycles. The Morgan fingerprint density at radius 3 is 2.09 bits per heavy atom. The summed E-state index contributed by atoms with van der Waals surface area (Å²) in [5.74, 6) is -3.87. The summed E-state index contributed by atoms with van der Waals surface area (Å²) in [6.07, 6.45) is -4.29. The zero-order valence-corrected chi connectivity index (χ0v) is 13.1. The SMILES string of the molecule is N#C[C@@H](N)Cc1ccc(Br)cc1F.O=C(O)[C@H](O)[C@@H](O)C(=O)O. The lowest BCUT2D eigenvalue weighted by Gasteiger charge is -2.07. The first kappa shape index (κ1) is 20.9. The molecule has 8 nitrogen and oxygen atoms in total. The van der Waals surface area contributed by atoms with Gasteiger partial charge >= 0.3 is 11.9 Å². The molecule has 0 heterocycles. The predicted octanol–water partition coefficient (Wildman–Crippen LogP) is -0.141. The molecular weight excluding hydrogens is 379 g/mol. The van der Waals surface area contributed by atoms with Gasteiger partial charge in [0.25, 0.3) is 0 Å². The molecule has 3 atom stereocenters. The number of nitrogens with two attached hydrogens (primary N) is 1. The smallest absolute Gasteiger partial charge is 0.335 e. The molecule has 1 aromatic rings. The number of hydrogen-bond acceptors (Lipinski definition) is 6. The van der Waals surface area contributed by atoms with Gasteiger partial charge in [-0.3, -0.25) is 0 Å². The van der Waals surface area contributed by atoms with E-state index in [0.717, 1.165) is 0 Å². The van der Waals surface area contributed by atoms with Crippen LogP contribution in [-0.2, 0) is 16.0 Å². The molecule has 23 heavy (non-hydrogen) atoms. The lowest BCUT2D eigenvalue weighted by Crippen LogP contribution is -2.39. The number of carbonyl (C=O) groups is 2. The van der Waals surface area contributed by atoms with Crippen LogP contribution in [0, 0.1) is 17.1 Å². The first-order valence-electron chi connectivity index (χ1n) is 6.01. The van der Waals surface area contributed by atoms with E-state index in [1.807, 2.05) is 6.07 Å². The maximum atomic E-state index is 13.2. The van der Waals surface area contributed by atoms with E-state index >= 15 is 0 Å². The Morgan fingerprint density at radius 1 is 1.26 bits per heavy atom. The maximum absolute atomic E-state index is 13.2. The maximum Gasteiger partial charge on any atom is 0.335 e. The number of benzene rings is 1.